The number of halogens is 3. The third kappa shape index (κ3) is 4.53. The van der Waals surface area contributed by atoms with Crippen LogP contribution < -0.4 is 0 Å². The van der Waals surface area contributed by atoms with E-state index in [1.807, 2.05) is 11.4 Å². The highest BCUT2D eigenvalue weighted by atomic mass is 32.2. The topological polar surface area (TPSA) is 53.8 Å². The molecule has 8 heteroatoms. The van der Waals surface area contributed by atoms with Crippen molar-refractivity contribution in [2.45, 2.75) is 49.7 Å². The monoisotopic (exact) mass is 410 g/mol. The Morgan fingerprint density at radius 2 is 2.11 bits per heavy atom. The van der Waals surface area contributed by atoms with Gasteiger partial charge in [-0.3, -0.25) is 4.79 Å². The Bertz CT molecular complexity index is 871. The summed E-state index contributed by atoms with van der Waals surface area (Å²) in [7, 11) is 0. The number of rotatable bonds is 6. The van der Waals surface area contributed by atoms with Crippen molar-refractivity contribution in [2.75, 3.05) is 5.75 Å². The van der Waals surface area contributed by atoms with Crippen molar-refractivity contribution in [2.24, 2.45) is 0 Å². The van der Waals surface area contributed by atoms with Crippen molar-refractivity contribution in [1.29, 1.82) is 5.26 Å². The lowest BCUT2D eigenvalue weighted by Gasteiger charge is -2.22. The highest BCUT2D eigenvalue weighted by molar-refractivity contribution is 7.99. The number of carbonyl (C=O) groups excluding carboxylic acids is 1. The van der Waals surface area contributed by atoms with Crippen LogP contribution in [0.4, 0.5) is 13.2 Å². The molecule has 142 valence electrons. The van der Waals surface area contributed by atoms with Gasteiger partial charge in [0, 0.05) is 12.1 Å². The van der Waals surface area contributed by atoms with Crippen LogP contribution in [0.25, 0.3) is 0 Å². The number of thioether (sulfide) groups is 1. The van der Waals surface area contributed by atoms with Crippen molar-refractivity contribution in [3.8, 4) is 6.07 Å². The van der Waals surface area contributed by atoms with E-state index in [0.29, 0.717) is 48.4 Å². The molecular formula is C19H17F3N2OS2. The van der Waals surface area contributed by atoms with Gasteiger partial charge in [-0.25, -0.2) is 4.98 Å². The SMILES string of the molecule is N#Cc1c(SCCCC(=O)c2cccs2)nc2c(c1C(F)(F)F)CCCC2. The lowest BCUT2D eigenvalue weighted by atomic mass is 9.90. The Kier molecular flexibility index (Phi) is 6.22. The van der Waals surface area contributed by atoms with E-state index in [9.17, 15) is 23.2 Å². The predicted octanol–water partition coefficient (Wildman–Crippen LogP) is 5.67. The molecule has 0 fully saturated rings. The van der Waals surface area contributed by atoms with Gasteiger partial charge in [0.25, 0.3) is 0 Å². The molecule has 0 saturated carbocycles. The van der Waals surface area contributed by atoms with Gasteiger partial charge in [-0.2, -0.15) is 18.4 Å². The number of hydrogen-bond donors (Lipinski definition) is 0. The first-order valence-electron chi connectivity index (χ1n) is 8.64. The summed E-state index contributed by atoms with van der Waals surface area (Å²) in [6, 6.07) is 5.29. The number of pyridine rings is 1. The van der Waals surface area contributed by atoms with Gasteiger partial charge in [0.15, 0.2) is 5.78 Å². The number of aromatic nitrogens is 1. The minimum atomic E-state index is -4.57. The van der Waals surface area contributed by atoms with Gasteiger partial charge in [-0.15, -0.1) is 23.1 Å². The number of carbonyl (C=O) groups is 1. The number of nitriles is 1. The summed E-state index contributed by atoms with van der Waals surface area (Å²) in [4.78, 5) is 17.1. The minimum Gasteiger partial charge on any atom is -0.293 e. The molecule has 0 bridgehead atoms. The van der Waals surface area contributed by atoms with Gasteiger partial charge in [0.1, 0.15) is 11.1 Å². The normalized spacial score (nSPS) is 13.9. The molecule has 0 atom stereocenters. The second-order valence-electron chi connectivity index (χ2n) is 6.26. The van der Waals surface area contributed by atoms with Gasteiger partial charge in [0.05, 0.1) is 16.0 Å². The molecule has 2 heterocycles. The number of Topliss-reactive ketones (excluding diaryl/α,β-unsaturated/α-hetero) is 1. The minimum absolute atomic E-state index is 0.0282. The van der Waals surface area contributed by atoms with E-state index in [0.717, 1.165) is 18.2 Å². The maximum atomic E-state index is 13.6. The van der Waals surface area contributed by atoms with Gasteiger partial charge in [0.2, 0.25) is 0 Å². The number of fused-ring (bicyclic) bond motifs is 1. The maximum absolute atomic E-state index is 13.6. The summed E-state index contributed by atoms with van der Waals surface area (Å²) in [6.45, 7) is 0. The van der Waals surface area contributed by atoms with Crippen molar-refractivity contribution in [1.82, 2.24) is 4.98 Å². The first-order chi connectivity index (χ1) is 12.9. The third-order valence-electron chi connectivity index (χ3n) is 4.42. The summed E-state index contributed by atoms with van der Waals surface area (Å²) < 4.78 is 40.9. The zero-order chi connectivity index (χ0) is 19.4. The molecule has 3 nitrogen and oxygen atoms in total. The second kappa shape index (κ2) is 8.44. The number of hydrogen-bond acceptors (Lipinski definition) is 5. The highest BCUT2D eigenvalue weighted by Gasteiger charge is 2.39. The van der Waals surface area contributed by atoms with E-state index in [4.69, 9.17) is 0 Å². The number of aryl methyl sites for hydroxylation is 1. The summed E-state index contributed by atoms with van der Waals surface area (Å²) >= 11 is 2.51. The van der Waals surface area contributed by atoms with Crippen LogP contribution in [-0.4, -0.2) is 16.5 Å². The first kappa shape index (κ1) is 19.9. The van der Waals surface area contributed by atoms with Crippen LogP contribution in [0.3, 0.4) is 0 Å². The van der Waals surface area contributed by atoms with Crippen molar-refractivity contribution < 1.29 is 18.0 Å². The maximum Gasteiger partial charge on any atom is 0.418 e. The summed E-state index contributed by atoms with van der Waals surface area (Å²) in [5.74, 6) is 0.468. The lowest BCUT2D eigenvalue weighted by molar-refractivity contribution is -0.138. The van der Waals surface area contributed by atoms with E-state index < -0.39 is 11.7 Å². The first-order valence-corrected chi connectivity index (χ1v) is 10.5. The van der Waals surface area contributed by atoms with E-state index in [1.54, 1.807) is 12.1 Å². The molecule has 0 N–H and O–H groups in total. The van der Waals surface area contributed by atoms with Crippen LogP contribution >= 0.6 is 23.1 Å². The lowest BCUT2D eigenvalue weighted by Crippen LogP contribution is -2.19. The Morgan fingerprint density at radius 1 is 1.33 bits per heavy atom. The highest BCUT2D eigenvalue weighted by Crippen LogP contribution is 2.41. The van der Waals surface area contributed by atoms with E-state index in [2.05, 4.69) is 4.98 Å². The molecule has 0 saturated heterocycles. The number of thiophene rings is 1. The van der Waals surface area contributed by atoms with Crippen LogP contribution in [0.1, 0.15) is 57.7 Å². The van der Waals surface area contributed by atoms with Gasteiger partial charge < -0.3 is 0 Å². The average Bonchev–Trinajstić information content (AvgIpc) is 3.17. The fraction of sp³-hybridized carbons (Fsp3) is 0.421. The molecular weight excluding hydrogens is 393 g/mol. The number of nitrogens with zero attached hydrogens (tertiary/aromatic N) is 2. The molecule has 1 aliphatic rings. The zero-order valence-electron chi connectivity index (χ0n) is 14.4. The Balaban J connectivity index is 1.77. The molecule has 0 spiro atoms. The van der Waals surface area contributed by atoms with Crippen LogP contribution in [0, 0.1) is 11.3 Å². The van der Waals surface area contributed by atoms with Crippen molar-refractivity contribution in [3.63, 3.8) is 0 Å². The van der Waals surface area contributed by atoms with Crippen LogP contribution in [0.2, 0.25) is 0 Å². The van der Waals surface area contributed by atoms with Gasteiger partial charge in [-0.05, 0) is 54.9 Å². The predicted molar refractivity (Wildman–Crippen MR) is 99.2 cm³/mol. The summed E-state index contributed by atoms with van der Waals surface area (Å²) in [5, 5.41) is 11.3. The summed E-state index contributed by atoms with van der Waals surface area (Å²) in [6.07, 6.45) is -1.41. The second-order valence-corrected chi connectivity index (χ2v) is 8.29. The van der Waals surface area contributed by atoms with E-state index >= 15 is 0 Å². The number of alkyl halides is 3. The fourth-order valence-electron chi connectivity index (χ4n) is 3.20. The molecule has 2 aromatic rings. The van der Waals surface area contributed by atoms with Crippen molar-refractivity contribution in [3.05, 3.63) is 44.8 Å². The molecule has 0 aromatic carbocycles. The smallest absolute Gasteiger partial charge is 0.293 e. The Hall–Kier alpha value is -1.85. The molecule has 2 aromatic heterocycles. The molecule has 0 unspecified atom stereocenters. The molecule has 1 aliphatic carbocycles. The molecule has 27 heavy (non-hydrogen) atoms. The average molecular weight is 410 g/mol. The van der Waals surface area contributed by atoms with Crippen LogP contribution in [0.15, 0.2) is 22.5 Å². The Labute approximate surface area is 163 Å². The molecule has 0 amide bonds. The van der Waals surface area contributed by atoms with Gasteiger partial charge >= 0.3 is 6.18 Å². The van der Waals surface area contributed by atoms with Crippen molar-refractivity contribution >= 4 is 28.9 Å². The Morgan fingerprint density at radius 3 is 2.78 bits per heavy atom. The zero-order valence-corrected chi connectivity index (χ0v) is 16.1. The van der Waals surface area contributed by atoms with E-state index in [1.165, 1.54) is 11.3 Å². The largest absolute Gasteiger partial charge is 0.418 e. The van der Waals surface area contributed by atoms with E-state index in [-0.39, 0.29) is 21.9 Å². The molecule has 0 radical (unpaired) electrons. The summed E-state index contributed by atoms with van der Waals surface area (Å²) in [5.41, 5.74) is -0.545. The van der Waals surface area contributed by atoms with Gasteiger partial charge in [-0.1, -0.05) is 6.07 Å². The molecule has 3 rings (SSSR count). The quantitative estimate of drug-likeness (QED) is 0.350. The number of ketones is 1. The third-order valence-corrected chi connectivity index (χ3v) is 6.39. The standard InChI is InChI=1S/C19H17F3N2OS2/c20-19(21,22)17-12-5-1-2-6-14(12)24-18(13(17)11-23)27-10-3-7-15(25)16-8-4-9-26-16/h4,8-9H,1-3,5-7,10H2. The fourth-order valence-corrected chi connectivity index (χ4v) is 4.84. The molecule has 0 aliphatic heterocycles. The van der Waals surface area contributed by atoms with Crippen LogP contribution in [0.5, 0.6) is 0 Å². The van der Waals surface area contributed by atoms with Crippen LogP contribution in [-0.2, 0) is 19.0 Å².